The number of aliphatic hydroxyl groups excluding tert-OH is 1. The molecular formula is C22H26Cl2N2OS. The predicted molar refractivity (Wildman–Crippen MR) is 121 cm³/mol. The Bertz CT molecular complexity index is 835. The fourth-order valence-electron chi connectivity index (χ4n) is 3.83. The smallest absolute Gasteiger partial charge is 0.0558 e. The minimum atomic E-state index is 0. The van der Waals surface area contributed by atoms with Crippen LogP contribution in [-0.4, -0.2) is 60.8 Å². The van der Waals surface area contributed by atoms with E-state index in [1.54, 1.807) is 0 Å². The topological polar surface area (TPSA) is 26.7 Å². The van der Waals surface area contributed by atoms with Gasteiger partial charge in [-0.05, 0) is 47.4 Å². The average Bonchev–Trinajstić information content (AvgIpc) is 2.69. The summed E-state index contributed by atoms with van der Waals surface area (Å²) in [5.74, 6) is 0. The monoisotopic (exact) mass is 436 g/mol. The van der Waals surface area contributed by atoms with Crippen molar-refractivity contribution in [2.24, 2.45) is 0 Å². The second kappa shape index (κ2) is 10.1. The second-order valence-corrected chi connectivity index (χ2v) is 8.57. The maximum absolute atomic E-state index is 9.08. The molecule has 1 N–H and O–H groups in total. The molecule has 0 bridgehead atoms. The van der Waals surface area contributed by atoms with Crippen molar-refractivity contribution >= 4 is 41.3 Å². The lowest BCUT2D eigenvalue weighted by atomic mass is 9.96. The number of fused-ring (bicyclic) bond motifs is 2. The molecule has 0 spiro atoms. The minimum absolute atomic E-state index is 0. The molecule has 0 aromatic heterocycles. The Kier molecular flexibility index (Phi) is 7.86. The van der Waals surface area contributed by atoms with Gasteiger partial charge in [-0.3, -0.25) is 4.90 Å². The Morgan fingerprint density at radius 3 is 2.36 bits per heavy atom. The summed E-state index contributed by atoms with van der Waals surface area (Å²) < 4.78 is 0. The molecular weight excluding hydrogens is 411 g/mol. The number of hydrogen-bond acceptors (Lipinski definition) is 4. The first-order chi connectivity index (χ1) is 13.2. The highest BCUT2D eigenvalue weighted by Gasteiger charge is 2.21. The van der Waals surface area contributed by atoms with Gasteiger partial charge >= 0.3 is 0 Å². The van der Waals surface area contributed by atoms with Crippen molar-refractivity contribution in [3.05, 3.63) is 64.7 Å². The molecule has 1 fully saturated rings. The zero-order valence-electron chi connectivity index (χ0n) is 15.8. The lowest BCUT2D eigenvalue weighted by molar-refractivity contribution is 0.114. The number of piperazine rings is 1. The van der Waals surface area contributed by atoms with Crippen LogP contribution in [-0.2, 0) is 0 Å². The van der Waals surface area contributed by atoms with Crippen molar-refractivity contribution in [3.63, 3.8) is 0 Å². The van der Waals surface area contributed by atoms with Gasteiger partial charge in [0.15, 0.2) is 0 Å². The normalized spacial score (nSPS) is 18.4. The molecule has 0 atom stereocenters. The van der Waals surface area contributed by atoms with Crippen molar-refractivity contribution in [2.75, 3.05) is 45.9 Å². The first-order valence-corrected chi connectivity index (χ1v) is 10.8. The minimum Gasteiger partial charge on any atom is -0.395 e. The van der Waals surface area contributed by atoms with Crippen molar-refractivity contribution in [2.45, 2.75) is 16.2 Å². The molecule has 0 saturated carbocycles. The van der Waals surface area contributed by atoms with Crippen molar-refractivity contribution in [1.82, 2.24) is 9.80 Å². The van der Waals surface area contributed by atoms with Crippen LogP contribution in [0.2, 0.25) is 5.02 Å². The maximum Gasteiger partial charge on any atom is 0.0558 e. The van der Waals surface area contributed by atoms with E-state index in [0.29, 0.717) is 0 Å². The number of nitrogens with zero attached hydrogens (tertiary/aromatic N) is 2. The first kappa shape index (κ1) is 21.7. The van der Waals surface area contributed by atoms with Crippen LogP contribution in [0.15, 0.2) is 58.3 Å². The van der Waals surface area contributed by atoms with E-state index >= 15 is 0 Å². The molecule has 0 aliphatic carbocycles. The van der Waals surface area contributed by atoms with Crippen LogP contribution < -0.4 is 0 Å². The summed E-state index contributed by atoms with van der Waals surface area (Å²) in [6.45, 7) is 6.39. The van der Waals surface area contributed by atoms with Gasteiger partial charge in [-0.2, -0.15) is 0 Å². The number of benzene rings is 2. The van der Waals surface area contributed by atoms with Crippen LogP contribution in [0, 0.1) is 0 Å². The molecule has 2 aliphatic heterocycles. The van der Waals surface area contributed by atoms with Gasteiger partial charge in [0.25, 0.3) is 0 Å². The van der Waals surface area contributed by atoms with Gasteiger partial charge in [-0.25, -0.2) is 0 Å². The van der Waals surface area contributed by atoms with Crippen LogP contribution >= 0.6 is 35.8 Å². The van der Waals surface area contributed by atoms with Crippen molar-refractivity contribution in [1.29, 1.82) is 0 Å². The standard InChI is InChI=1S/C22H25ClN2OS.ClH/c23-17-7-8-22-20(16-17)18(19-4-1-2-6-21(19)27-22)5-3-9-24-10-12-25(13-11-24)14-15-26;/h1-2,4-8,16,26H,3,9-15H2;1H/b18-5+;. The number of aliphatic hydroxyl groups is 1. The van der Waals surface area contributed by atoms with Crippen molar-refractivity contribution < 1.29 is 5.11 Å². The zero-order chi connectivity index (χ0) is 18.6. The van der Waals surface area contributed by atoms with Crippen LogP contribution in [0.5, 0.6) is 0 Å². The molecule has 2 heterocycles. The summed E-state index contributed by atoms with van der Waals surface area (Å²) in [5, 5.41) is 9.87. The summed E-state index contributed by atoms with van der Waals surface area (Å²) in [7, 11) is 0. The van der Waals surface area contributed by atoms with Gasteiger partial charge in [-0.1, -0.05) is 47.6 Å². The van der Waals surface area contributed by atoms with E-state index in [0.717, 1.165) is 50.7 Å². The Morgan fingerprint density at radius 2 is 1.61 bits per heavy atom. The van der Waals surface area contributed by atoms with Crippen molar-refractivity contribution in [3.8, 4) is 0 Å². The van der Waals surface area contributed by atoms with E-state index in [1.165, 1.54) is 26.5 Å². The van der Waals surface area contributed by atoms with E-state index in [4.69, 9.17) is 16.7 Å². The number of hydrogen-bond donors (Lipinski definition) is 1. The lowest BCUT2D eigenvalue weighted by Gasteiger charge is -2.34. The molecule has 150 valence electrons. The van der Waals surface area contributed by atoms with E-state index in [9.17, 15) is 0 Å². The summed E-state index contributed by atoms with van der Waals surface area (Å²) in [4.78, 5) is 7.45. The molecule has 2 aliphatic rings. The highest BCUT2D eigenvalue weighted by molar-refractivity contribution is 7.99. The molecule has 0 unspecified atom stereocenters. The lowest BCUT2D eigenvalue weighted by Crippen LogP contribution is -2.47. The van der Waals surface area contributed by atoms with E-state index in [2.05, 4.69) is 52.3 Å². The third-order valence-electron chi connectivity index (χ3n) is 5.30. The maximum atomic E-state index is 9.08. The summed E-state index contributed by atoms with van der Waals surface area (Å²) in [5.41, 5.74) is 3.87. The molecule has 0 amide bonds. The fourth-order valence-corrected chi connectivity index (χ4v) is 5.09. The van der Waals surface area contributed by atoms with E-state index < -0.39 is 0 Å². The van der Waals surface area contributed by atoms with Gasteiger partial charge in [-0.15, -0.1) is 12.4 Å². The largest absolute Gasteiger partial charge is 0.395 e. The highest BCUT2D eigenvalue weighted by atomic mass is 35.5. The first-order valence-electron chi connectivity index (χ1n) is 9.57. The zero-order valence-corrected chi connectivity index (χ0v) is 18.2. The third-order valence-corrected chi connectivity index (χ3v) is 6.69. The summed E-state index contributed by atoms with van der Waals surface area (Å²) in [6.07, 6.45) is 3.41. The Labute approximate surface area is 182 Å². The molecule has 3 nitrogen and oxygen atoms in total. The SMILES string of the molecule is Cl.OCCN1CCN(CC/C=C2\c3ccccc3Sc3ccc(Cl)cc32)CC1. The predicted octanol–water partition coefficient (Wildman–Crippen LogP) is 4.66. The third kappa shape index (κ3) is 4.93. The Balaban J connectivity index is 0.00000225. The molecule has 2 aromatic carbocycles. The van der Waals surface area contributed by atoms with E-state index in [-0.39, 0.29) is 19.0 Å². The number of rotatable bonds is 5. The van der Waals surface area contributed by atoms with Gasteiger partial charge in [0, 0.05) is 54.1 Å². The van der Waals surface area contributed by atoms with Gasteiger partial charge < -0.3 is 10.0 Å². The van der Waals surface area contributed by atoms with Crippen LogP contribution in [0.1, 0.15) is 17.5 Å². The second-order valence-electron chi connectivity index (χ2n) is 7.05. The quantitative estimate of drug-likeness (QED) is 0.628. The molecule has 2 aromatic rings. The molecule has 28 heavy (non-hydrogen) atoms. The fraction of sp³-hybridized carbons (Fsp3) is 0.364. The average molecular weight is 437 g/mol. The van der Waals surface area contributed by atoms with Gasteiger partial charge in [0.1, 0.15) is 0 Å². The highest BCUT2D eigenvalue weighted by Crippen LogP contribution is 2.46. The van der Waals surface area contributed by atoms with Crippen LogP contribution in [0.3, 0.4) is 0 Å². The molecule has 4 rings (SSSR count). The summed E-state index contributed by atoms with van der Waals surface area (Å²) in [6, 6.07) is 14.8. The Morgan fingerprint density at radius 1 is 0.929 bits per heavy atom. The van der Waals surface area contributed by atoms with Gasteiger partial charge in [0.2, 0.25) is 0 Å². The summed E-state index contributed by atoms with van der Waals surface area (Å²) >= 11 is 8.12. The number of halogens is 2. The van der Waals surface area contributed by atoms with Crippen LogP contribution in [0.4, 0.5) is 0 Å². The molecule has 6 heteroatoms. The molecule has 1 saturated heterocycles. The van der Waals surface area contributed by atoms with Crippen LogP contribution in [0.25, 0.3) is 5.57 Å². The Hall–Kier alpha value is -1.01. The van der Waals surface area contributed by atoms with Gasteiger partial charge in [0.05, 0.1) is 6.61 Å². The molecule has 0 radical (unpaired) electrons. The van der Waals surface area contributed by atoms with E-state index in [1.807, 2.05) is 17.8 Å². The number of β-amino-alcohol motifs (C(OH)–C–C–N with tert-alkyl or cyclic N) is 1.